The zero-order chi connectivity index (χ0) is 15.0. The highest BCUT2D eigenvalue weighted by atomic mass is 35.5. The van der Waals surface area contributed by atoms with Crippen molar-refractivity contribution in [1.29, 1.82) is 0 Å². The molecule has 1 aliphatic heterocycles. The summed E-state index contributed by atoms with van der Waals surface area (Å²) in [6.45, 7) is 6.67. The van der Waals surface area contributed by atoms with Gasteiger partial charge in [0, 0.05) is 12.8 Å². The maximum Gasteiger partial charge on any atom is 0.0773 e. The number of quaternary nitrogens is 1. The van der Waals surface area contributed by atoms with Crippen LogP contribution in [-0.2, 0) is 0 Å². The molecule has 0 aromatic rings. The first-order valence-corrected chi connectivity index (χ1v) is 10.3. The Morgan fingerprint density at radius 1 is 0.545 bits per heavy atom. The zero-order valence-corrected chi connectivity index (χ0v) is 16.1. The minimum absolute atomic E-state index is 0. The van der Waals surface area contributed by atoms with E-state index in [-0.39, 0.29) is 12.4 Å². The standard InChI is InChI=1S/C20H41N.ClH/c1-2-3-4-5-6-7-8-9-10-11-12-13-14-15-18-21-19-16-17-20-21;/h2-20H2,1H3;1H. The Morgan fingerprint density at radius 2 is 0.909 bits per heavy atom. The Hall–Kier alpha value is 0.250. The fourth-order valence-corrected chi connectivity index (χ4v) is 3.69. The molecule has 1 aliphatic rings. The minimum Gasteiger partial charge on any atom is -1.00 e. The molecular formula is C20H42ClN. The van der Waals surface area contributed by atoms with Gasteiger partial charge in [-0.25, -0.2) is 0 Å². The van der Waals surface area contributed by atoms with Crippen molar-refractivity contribution in [3.63, 3.8) is 0 Å². The van der Waals surface area contributed by atoms with E-state index < -0.39 is 0 Å². The summed E-state index contributed by atoms with van der Waals surface area (Å²) < 4.78 is 0. The normalized spacial score (nSPS) is 15.1. The molecule has 0 bridgehead atoms. The summed E-state index contributed by atoms with van der Waals surface area (Å²) in [4.78, 5) is 1.88. The van der Waals surface area contributed by atoms with Gasteiger partial charge in [0.05, 0.1) is 19.6 Å². The summed E-state index contributed by atoms with van der Waals surface area (Å²) in [5.74, 6) is 0. The Labute approximate surface area is 147 Å². The van der Waals surface area contributed by atoms with E-state index in [0.29, 0.717) is 0 Å². The molecule has 0 spiro atoms. The van der Waals surface area contributed by atoms with Crippen LogP contribution in [0.2, 0.25) is 0 Å². The Bertz CT molecular complexity index is 202. The van der Waals surface area contributed by atoms with Crippen molar-refractivity contribution in [2.24, 2.45) is 0 Å². The molecule has 0 unspecified atom stereocenters. The maximum absolute atomic E-state index is 2.30. The molecule has 0 aromatic carbocycles. The Balaban J connectivity index is 0.00000441. The second-order valence-electron chi connectivity index (χ2n) is 7.30. The monoisotopic (exact) mass is 331 g/mol. The van der Waals surface area contributed by atoms with E-state index in [4.69, 9.17) is 0 Å². The molecule has 0 aliphatic carbocycles. The summed E-state index contributed by atoms with van der Waals surface area (Å²) in [5, 5.41) is 0. The molecular weight excluding hydrogens is 290 g/mol. The Kier molecular flexibility index (Phi) is 17.8. The lowest BCUT2D eigenvalue weighted by Crippen LogP contribution is -3.09. The van der Waals surface area contributed by atoms with Crippen molar-refractivity contribution in [2.45, 2.75) is 110 Å². The summed E-state index contributed by atoms with van der Waals surface area (Å²) in [5.41, 5.74) is 0. The van der Waals surface area contributed by atoms with Gasteiger partial charge in [0.1, 0.15) is 0 Å². The van der Waals surface area contributed by atoms with Gasteiger partial charge >= 0.3 is 0 Å². The molecule has 22 heavy (non-hydrogen) atoms. The van der Waals surface area contributed by atoms with E-state index in [1.54, 1.807) is 0 Å². The van der Waals surface area contributed by atoms with E-state index in [9.17, 15) is 0 Å². The number of hydrogen-bond donors (Lipinski definition) is 1. The van der Waals surface area contributed by atoms with Crippen LogP contribution in [0, 0.1) is 0 Å². The van der Waals surface area contributed by atoms with Crippen LogP contribution in [-0.4, -0.2) is 19.6 Å². The van der Waals surface area contributed by atoms with E-state index in [2.05, 4.69) is 6.92 Å². The van der Waals surface area contributed by atoms with Crippen LogP contribution in [0.5, 0.6) is 0 Å². The Morgan fingerprint density at radius 3 is 1.32 bits per heavy atom. The molecule has 1 N–H and O–H groups in total. The summed E-state index contributed by atoms with van der Waals surface area (Å²) >= 11 is 0. The number of halogens is 1. The number of likely N-dealkylation sites (tertiary alicyclic amines) is 1. The maximum atomic E-state index is 2.30. The van der Waals surface area contributed by atoms with E-state index in [0.717, 1.165) is 0 Å². The van der Waals surface area contributed by atoms with Crippen molar-refractivity contribution in [3.8, 4) is 0 Å². The number of nitrogens with one attached hydrogen (secondary N) is 1. The number of hydrogen-bond acceptors (Lipinski definition) is 0. The third kappa shape index (κ3) is 13.9. The summed E-state index contributed by atoms with van der Waals surface area (Å²) in [6.07, 6.45) is 23.6. The third-order valence-electron chi connectivity index (χ3n) is 5.19. The second kappa shape index (κ2) is 17.6. The lowest BCUT2D eigenvalue weighted by Gasteiger charge is -2.11. The van der Waals surface area contributed by atoms with Gasteiger partial charge in [-0.2, -0.15) is 0 Å². The van der Waals surface area contributed by atoms with Gasteiger partial charge in [0.25, 0.3) is 0 Å². The van der Waals surface area contributed by atoms with E-state index in [1.165, 1.54) is 122 Å². The predicted molar refractivity (Wildman–Crippen MR) is 95.1 cm³/mol. The fourth-order valence-electron chi connectivity index (χ4n) is 3.69. The van der Waals surface area contributed by atoms with Crippen molar-refractivity contribution in [3.05, 3.63) is 0 Å². The molecule has 1 nitrogen and oxygen atoms in total. The van der Waals surface area contributed by atoms with E-state index in [1.807, 2.05) is 4.90 Å². The van der Waals surface area contributed by atoms with Crippen LogP contribution in [0.4, 0.5) is 0 Å². The largest absolute Gasteiger partial charge is 1.00 e. The molecule has 0 aromatic heterocycles. The van der Waals surface area contributed by atoms with Crippen molar-refractivity contribution in [2.75, 3.05) is 19.6 Å². The zero-order valence-electron chi connectivity index (χ0n) is 15.3. The van der Waals surface area contributed by atoms with Crippen LogP contribution in [0.25, 0.3) is 0 Å². The lowest BCUT2D eigenvalue weighted by atomic mass is 10.0. The van der Waals surface area contributed by atoms with Crippen LogP contribution < -0.4 is 17.3 Å². The van der Waals surface area contributed by atoms with Gasteiger partial charge in [0.15, 0.2) is 0 Å². The average Bonchev–Trinajstić information content (AvgIpc) is 3.01. The van der Waals surface area contributed by atoms with Crippen molar-refractivity contribution < 1.29 is 17.3 Å². The summed E-state index contributed by atoms with van der Waals surface area (Å²) in [6, 6.07) is 0. The highest BCUT2D eigenvalue weighted by molar-refractivity contribution is 4.50. The SMILES string of the molecule is CCCCCCCCCCCCCCCC[NH+]1CCCC1.[Cl-]. The van der Waals surface area contributed by atoms with Gasteiger partial charge in [-0.1, -0.05) is 84.0 Å². The van der Waals surface area contributed by atoms with Crippen molar-refractivity contribution in [1.82, 2.24) is 0 Å². The molecule has 0 amide bonds. The molecule has 1 heterocycles. The first kappa shape index (κ1) is 22.2. The first-order chi connectivity index (χ1) is 10.4. The van der Waals surface area contributed by atoms with Gasteiger partial charge in [-0.05, 0) is 12.8 Å². The minimum atomic E-state index is 0. The molecule has 134 valence electrons. The molecule has 1 saturated heterocycles. The molecule has 0 atom stereocenters. The number of unbranched alkanes of at least 4 members (excludes halogenated alkanes) is 13. The fraction of sp³-hybridized carbons (Fsp3) is 1.00. The van der Waals surface area contributed by atoms with Crippen LogP contribution in [0.3, 0.4) is 0 Å². The topological polar surface area (TPSA) is 4.44 Å². The number of rotatable bonds is 15. The first-order valence-electron chi connectivity index (χ1n) is 10.3. The quantitative estimate of drug-likeness (QED) is 0.439. The average molecular weight is 332 g/mol. The van der Waals surface area contributed by atoms with Crippen LogP contribution in [0.1, 0.15) is 110 Å². The van der Waals surface area contributed by atoms with Gasteiger partial charge in [-0.3, -0.25) is 0 Å². The van der Waals surface area contributed by atoms with Crippen LogP contribution in [0.15, 0.2) is 0 Å². The van der Waals surface area contributed by atoms with Gasteiger partial charge in [-0.15, -0.1) is 0 Å². The highest BCUT2D eigenvalue weighted by Crippen LogP contribution is 2.12. The molecule has 1 fully saturated rings. The predicted octanol–water partition coefficient (Wildman–Crippen LogP) is 2.15. The van der Waals surface area contributed by atoms with E-state index >= 15 is 0 Å². The molecule has 0 saturated carbocycles. The molecule has 0 radical (unpaired) electrons. The second-order valence-corrected chi connectivity index (χ2v) is 7.30. The van der Waals surface area contributed by atoms with Crippen LogP contribution >= 0.6 is 0 Å². The van der Waals surface area contributed by atoms with Gasteiger partial charge in [0.2, 0.25) is 0 Å². The highest BCUT2D eigenvalue weighted by Gasteiger charge is 2.13. The lowest BCUT2D eigenvalue weighted by molar-refractivity contribution is -0.887. The van der Waals surface area contributed by atoms with Crippen molar-refractivity contribution >= 4 is 0 Å². The molecule has 2 heteroatoms. The van der Waals surface area contributed by atoms with Gasteiger partial charge < -0.3 is 17.3 Å². The third-order valence-corrected chi connectivity index (χ3v) is 5.19. The smallest absolute Gasteiger partial charge is 0.0773 e. The molecule has 1 rings (SSSR count). The summed E-state index contributed by atoms with van der Waals surface area (Å²) in [7, 11) is 0.